The van der Waals surface area contributed by atoms with E-state index in [1.807, 2.05) is 25.1 Å². The van der Waals surface area contributed by atoms with Gasteiger partial charge in [-0.15, -0.1) is 5.10 Å². The number of fused-ring (bicyclic) bond motifs is 1. The second-order valence-corrected chi connectivity index (χ2v) is 11.8. The Labute approximate surface area is 274 Å². The number of nitrogens with one attached hydrogen (secondary N) is 2. The maximum Gasteiger partial charge on any atom is 0.256 e. The summed E-state index contributed by atoms with van der Waals surface area (Å²) < 4.78 is 19.0. The normalized spacial score (nSPS) is 12.3. The van der Waals surface area contributed by atoms with Gasteiger partial charge in [-0.05, 0) is 55.8 Å². The quantitative estimate of drug-likeness (QED) is 0.0423. The molecule has 0 radical (unpaired) electrons. The number of H-pyrrole nitrogens is 1. The molecule has 1 atom stereocenters. The van der Waals surface area contributed by atoms with Crippen molar-refractivity contribution in [2.45, 2.75) is 84.3 Å². The molecular formula is C32H41Cl3N6O3. The van der Waals surface area contributed by atoms with Crippen molar-refractivity contribution in [3.8, 4) is 23.0 Å². The third-order valence-corrected chi connectivity index (χ3v) is 7.91. The molecule has 0 fully saturated rings. The summed E-state index contributed by atoms with van der Waals surface area (Å²) in [5.74, 6) is 1.51. The summed E-state index contributed by atoms with van der Waals surface area (Å²) in [6, 6.07) is 12.7. The smallest absolute Gasteiger partial charge is 0.256 e. The molecule has 9 nitrogen and oxygen atoms in total. The number of aromatic nitrogens is 4. The van der Waals surface area contributed by atoms with Crippen LogP contribution in [0.5, 0.6) is 11.6 Å². The SMILES string of the molecule is CCCCCCCCCCCCOc1ccc(Cl)cc1/N=C\OC(C)NCOc1nn2c(-c3ccc(Cl)cc3)n[nH]c2c1Cl. The predicted molar refractivity (Wildman–Crippen MR) is 179 cm³/mol. The van der Waals surface area contributed by atoms with Gasteiger partial charge in [0.2, 0.25) is 0 Å². The van der Waals surface area contributed by atoms with Crippen LogP contribution in [-0.4, -0.2) is 45.8 Å². The largest absolute Gasteiger partial charge is 0.491 e. The highest BCUT2D eigenvalue weighted by atomic mass is 35.5. The Bertz CT molecular complexity index is 1460. The fraction of sp³-hybridized carbons (Fsp3) is 0.469. The Kier molecular flexibility index (Phi) is 13.9. The average Bonchev–Trinajstić information content (AvgIpc) is 3.57. The first-order valence-electron chi connectivity index (χ1n) is 15.3. The van der Waals surface area contributed by atoms with Gasteiger partial charge in [-0.2, -0.15) is 9.61 Å². The van der Waals surface area contributed by atoms with Gasteiger partial charge in [0.15, 0.2) is 24.1 Å². The minimum absolute atomic E-state index is 0.100. The molecule has 0 aliphatic rings. The maximum atomic E-state index is 6.47. The first-order valence-corrected chi connectivity index (χ1v) is 16.4. The van der Waals surface area contributed by atoms with Crippen LogP contribution >= 0.6 is 34.8 Å². The van der Waals surface area contributed by atoms with Crippen LogP contribution in [-0.2, 0) is 4.74 Å². The second-order valence-electron chi connectivity index (χ2n) is 10.6. The number of aliphatic imine (C=N–C) groups is 1. The van der Waals surface area contributed by atoms with Crippen LogP contribution in [0.3, 0.4) is 0 Å². The Balaban J connectivity index is 1.18. The number of nitrogens with zero attached hydrogens (tertiary/aromatic N) is 4. The molecule has 2 aromatic carbocycles. The molecule has 2 aromatic heterocycles. The lowest BCUT2D eigenvalue weighted by atomic mass is 10.1. The molecule has 0 aliphatic carbocycles. The van der Waals surface area contributed by atoms with Crippen molar-refractivity contribution < 1.29 is 14.2 Å². The standard InChI is InChI=1S/C32H41Cl3N6O3/c1-3-4-5-6-7-8-9-10-11-12-19-42-28-18-17-26(34)20-27(28)37-22-43-23(2)36-21-44-32-29(35)31-39-38-30(41(31)40-32)24-13-15-25(33)16-14-24/h13-18,20,22-23,36,39H,3-12,19,21H2,1-2H3/b37-22-. The summed E-state index contributed by atoms with van der Waals surface area (Å²) in [6.45, 7) is 4.82. The van der Waals surface area contributed by atoms with Crippen molar-refractivity contribution >= 4 is 52.5 Å². The number of ether oxygens (including phenoxy) is 3. The Morgan fingerprint density at radius 1 is 0.909 bits per heavy atom. The van der Waals surface area contributed by atoms with Crippen LogP contribution in [0.25, 0.3) is 17.0 Å². The highest BCUT2D eigenvalue weighted by Gasteiger charge is 2.18. The van der Waals surface area contributed by atoms with E-state index in [1.165, 1.54) is 57.8 Å². The van der Waals surface area contributed by atoms with E-state index >= 15 is 0 Å². The van der Waals surface area contributed by atoms with E-state index in [4.69, 9.17) is 49.0 Å². The van der Waals surface area contributed by atoms with Crippen LogP contribution < -0.4 is 14.8 Å². The Morgan fingerprint density at radius 3 is 2.32 bits per heavy atom. The van der Waals surface area contributed by atoms with Crippen LogP contribution in [0, 0.1) is 0 Å². The van der Waals surface area contributed by atoms with Crippen molar-refractivity contribution in [3.05, 3.63) is 57.5 Å². The lowest BCUT2D eigenvalue weighted by molar-refractivity contribution is 0.136. The zero-order valence-corrected chi connectivity index (χ0v) is 27.6. The van der Waals surface area contributed by atoms with Gasteiger partial charge in [-0.1, -0.05) is 99.5 Å². The van der Waals surface area contributed by atoms with Gasteiger partial charge >= 0.3 is 0 Å². The highest BCUT2D eigenvalue weighted by Crippen LogP contribution is 2.32. The van der Waals surface area contributed by atoms with E-state index in [9.17, 15) is 0 Å². The van der Waals surface area contributed by atoms with Crippen molar-refractivity contribution in [2.75, 3.05) is 13.3 Å². The molecule has 12 heteroatoms. The molecule has 238 valence electrons. The summed E-state index contributed by atoms with van der Waals surface area (Å²) in [7, 11) is 0. The molecular weight excluding hydrogens is 623 g/mol. The van der Waals surface area contributed by atoms with E-state index in [0.717, 1.165) is 18.4 Å². The first kappa shape index (κ1) is 33.9. The Morgan fingerprint density at radius 2 is 1.59 bits per heavy atom. The van der Waals surface area contributed by atoms with Gasteiger partial charge in [0.05, 0.1) is 6.61 Å². The number of aromatic amines is 1. The van der Waals surface area contributed by atoms with Gasteiger partial charge in [0, 0.05) is 15.6 Å². The molecule has 0 spiro atoms. The molecule has 0 aliphatic heterocycles. The number of hydrogen-bond donors (Lipinski definition) is 2. The molecule has 0 bridgehead atoms. The number of benzene rings is 2. The topological polar surface area (TPSA) is 98.1 Å². The third-order valence-electron chi connectivity index (χ3n) is 7.08. The monoisotopic (exact) mass is 662 g/mol. The van der Waals surface area contributed by atoms with Gasteiger partial charge < -0.3 is 14.2 Å². The first-order chi connectivity index (χ1) is 21.5. The molecule has 4 aromatic rings. The van der Waals surface area contributed by atoms with Crippen molar-refractivity contribution in [2.24, 2.45) is 4.99 Å². The molecule has 0 saturated carbocycles. The molecule has 0 amide bonds. The fourth-order valence-corrected chi connectivity index (χ4v) is 5.11. The zero-order valence-electron chi connectivity index (χ0n) is 25.3. The lowest BCUT2D eigenvalue weighted by Gasteiger charge is -2.13. The average molecular weight is 664 g/mol. The van der Waals surface area contributed by atoms with Crippen LogP contribution in [0.4, 0.5) is 5.69 Å². The second kappa shape index (κ2) is 18.1. The molecule has 2 N–H and O–H groups in total. The summed E-state index contributed by atoms with van der Waals surface area (Å²) in [5.41, 5.74) is 1.96. The van der Waals surface area contributed by atoms with E-state index in [2.05, 4.69) is 32.5 Å². The zero-order chi connectivity index (χ0) is 31.1. The number of unbranched alkanes of at least 4 members (excludes halogenated alkanes) is 9. The molecule has 0 saturated heterocycles. The summed E-state index contributed by atoms with van der Waals surface area (Å²) in [6.07, 6.45) is 13.8. The molecule has 2 heterocycles. The van der Waals surface area contributed by atoms with Crippen molar-refractivity contribution in [1.82, 2.24) is 25.1 Å². The molecule has 1 unspecified atom stereocenters. The van der Waals surface area contributed by atoms with Crippen molar-refractivity contribution in [3.63, 3.8) is 0 Å². The lowest BCUT2D eigenvalue weighted by Crippen LogP contribution is -2.32. The maximum absolute atomic E-state index is 6.47. The van der Waals surface area contributed by atoms with Gasteiger partial charge in [-0.25, -0.2) is 10.3 Å². The van der Waals surface area contributed by atoms with E-state index in [0.29, 0.717) is 44.6 Å². The van der Waals surface area contributed by atoms with Gasteiger partial charge in [0.25, 0.3) is 5.88 Å². The van der Waals surface area contributed by atoms with Crippen LogP contribution in [0.15, 0.2) is 47.5 Å². The number of rotatable bonds is 20. The van der Waals surface area contributed by atoms with Crippen LogP contribution in [0.1, 0.15) is 78.1 Å². The van der Waals surface area contributed by atoms with Crippen molar-refractivity contribution in [1.29, 1.82) is 0 Å². The van der Waals surface area contributed by atoms with E-state index in [1.54, 1.807) is 28.8 Å². The summed E-state index contributed by atoms with van der Waals surface area (Å²) >= 11 is 18.7. The van der Waals surface area contributed by atoms with Gasteiger partial charge in [0.1, 0.15) is 23.2 Å². The van der Waals surface area contributed by atoms with E-state index < -0.39 is 6.23 Å². The third kappa shape index (κ3) is 10.3. The minimum Gasteiger partial charge on any atom is -0.491 e. The molecule has 44 heavy (non-hydrogen) atoms. The summed E-state index contributed by atoms with van der Waals surface area (Å²) in [4.78, 5) is 4.43. The number of halogens is 3. The molecule has 4 rings (SSSR count). The highest BCUT2D eigenvalue weighted by molar-refractivity contribution is 6.35. The van der Waals surface area contributed by atoms with E-state index in [-0.39, 0.29) is 12.6 Å². The predicted octanol–water partition coefficient (Wildman–Crippen LogP) is 9.63. The summed E-state index contributed by atoms with van der Waals surface area (Å²) in [5, 5.41) is 16.3. The fourth-order valence-electron chi connectivity index (χ4n) is 4.60. The minimum atomic E-state index is -0.411. The van der Waals surface area contributed by atoms with Crippen LogP contribution in [0.2, 0.25) is 15.1 Å². The Hall–Kier alpha value is -2.98. The number of hydrogen-bond acceptors (Lipinski definition) is 7. The van der Waals surface area contributed by atoms with Gasteiger partial charge in [-0.3, -0.25) is 5.10 Å².